The number of benzene rings is 1. The minimum atomic E-state index is -0.344. The van der Waals surface area contributed by atoms with E-state index in [1.807, 2.05) is 6.92 Å². The predicted molar refractivity (Wildman–Crippen MR) is 72.2 cm³/mol. The molecule has 0 aromatic heterocycles. The molecule has 104 valence electrons. The quantitative estimate of drug-likeness (QED) is 0.859. The topological polar surface area (TPSA) is 49.4 Å². The second-order valence-corrected chi connectivity index (χ2v) is 4.31. The number of carbonyl (C=O) groups is 2. The first-order valence-corrected chi connectivity index (χ1v) is 6.34. The molecule has 0 unspecified atom stereocenters. The summed E-state index contributed by atoms with van der Waals surface area (Å²) in [5.74, 6) is -0.561. The van der Waals surface area contributed by atoms with Crippen molar-refractivity contribution in [1.82, 2.24) is 4.90 Å². The van der Waals surface area contributed by atoms with Crippen molar-refractivity contribution >= 4 is 17.5 Å². The Morgan fingerprint density at radius 2 is 1.84 bits per heavy atom. The van der Waals surface area contributed by atoms with Crippen LogP contribution in [-0.2, 0) is 9.59 Å². The van der Waals surface area contributed by atoms with E-state index in [4.69, 9.17) is 0 Å². The highest BCUT2D eigenvalue weighted by atomic mass is 19.1. The summed E-state index contributed by atoms with van der Waals surface area (Å²) in [6, 6.07) is 5.58. The van der Waals surface area contributed by atoms with E-state index in [-0.39, 0.29) is 24.1 Å². The van der Waals surface area contributed by atoms with E-state index in [0.717, 1.165) is 6.42 Å². The zero-order valence-corrected chi connectivity index (χ0v) is 11.3. The van der Waals surface area contributed by atoms with Crippen molar-refractivity contribution < 1.29 is 14.0 Å². The molecule has 0 spiro atoms. The fourth-order valence-electron chi connectivity index (χ4n) is 1.69. The summed E-state index contributed by atoms with van der Waals surface area (Å²) in [6.07, 6.45) is 1.09. The monoisotopic (exact) mass is 266 g/mol. The molecule has 1 aromatic carbocycles. The predicted octanol–water partition coefficient (Wildman–Crippen LogP) is 2.41. The van der Waals surface area contributed by atoms with Gasteiger partial charge in [-0.25, -0.2) is 4.39 Å². The molecule has 0 fully saturated rings. The Morgan fingerprint density at radius 3 is 2.37 bits per heavy atom. The van der Waals surface area contributed by atoms with Crippen LogP contribution in [-0.4, -0.2) is 29.8 Å². The lowest BCUT2D eigenvalue weighted by Crippen LogP contribution is -2.32. The number of hydrogen-bond donors (Lipinski definition) is 1. The third kappa shape index (κ3) is 5.50. The van der Waals surface area contributed by atoms with Crippen molar-refractivity contribution in [2.24, 2.45) is 0 Å². The van der Waals surface area contributed by atoms with Crippen molar-refractivity contribution in [1.29, 1.82) is 0 Å². The van der Waals surface area contributed by atoms with E-state index in [2.05, 4.69) is 5.32 Å². The molecule has 1 aromatic rings. The van der Waals surface area contributed by atoms with Crippen molar-refractivity contribution in [3.05, 3.63) is 30.1 Å². The average molecular weight is 266 g/mol. The first-order chi connectivity index (χ1) is 9.02. The van der Waals surface area contributed by atoms with Gasteiger partial charge < -0.3 is 10.2 Å². The second kappa shape index (κ2) is 7.51. The van der Waals surface area contributed by atoms with Gasteiger partial charge in [-0.3, -0.25) is 9.59 Å². The normalized spacial score (nSPS) is 10.1. The lowest BCUT2D eigenvalue weighted by molar-refractivity contribution is -0.129. The Hall–Kier alpha value is -1.91. The van der Waals surface area contributed by atoms with Crippen LogP contribution in [0.2, 0.25) is 0 Å². The molecular weight excluding hydrogens is 247 g/mol. The molecule has 1 N–H and O–H groups in total. The molecule has 0 saturated heterocycles. The molecule has 0 heterocycles. The summed E-state index contributed by atoms with van der Waals surface area (Å²) in [6.45, 7) is 4.53. The van der Waals surface area contributed by atoms with Crippen LogP contribution in [0.3, 0.4) is 0 Å². The molecule has 0 aliphatic heterocycles. The summed E-state index contributed by atoms with van der Waals surface area (Å²) in [7, 11) is 0. The molecule has 1 rings (SSSR count). The van der Waals surface area contributed by atoms with Crippen LogP contribution >= 0.6 is 0 Å². The second-order valence-electron chi connectivity index (χ2n) is 4.31. The standard InChI is InChI=1S/C14H19FN2O2/c1-3-9-17(11(2)18)10-8-14(19)16-13-6-4-12(15)5-7-13/h4-7H,3,8-10H2,1-2H3,(H,16,19). The molecule has 0 aliphatic rings. The van der Waals surface area contributed by atoms with Gasteiger partial charge in [0.25, 0.3) is 0 Å². The summed E-state index contributed by atoms with van der Waals surface area (Å²) in [4.78, 5) is 24.6. The highest BCUT2D eigenvalue weighted by Gasteiger charge is 2.10. The maximum absolute atomic E-state index is 12.7. The fourth-order valence-corrected chi connectivity index (χ4v) is 1.69. The number of amides is 2. The van der Waals surface area contributed by atoms with Crippen molar-refractivity contribution in [3.8, 4) is 0 Å². The zero-order valence-electron chi connectivity index (χ0n) is 11.3. The van der Waals surface area contributed by atoms with E-state index in [1.54, 1.807) is 4.90 Å². The fraction of sp³-hybridized carbons (Fsp3) is 0.429. The molecule has 0 aliphatic carbocycles. The smallest absolute Gasteiger partial charge is 0.226 e. The lowest BCUT2D eigenvalue weighted by Gasteiger charge is -2.19. The molecule has 4 nitrogen and oxygen atoms in total. The minimum Gasteiger partial charge on any atom is -0.342 e. The number of nitrogens with zero attached hydrogens (tertiary/aromatic N) is 1. The third-order valence-electron chi connectivity index (χ3n) is 2.68. The summed E-state index contributed by atoms with van der Waals surface area (Å²) in [5.41, 5.74) is 0.552. The Balaban J connectivity index is 2.42. The van der Waals surface area contributed by atoms with Gasteiger partial charge in [-0.1, -0.05) is 6.92 Å². The maximum atomic E-state index is 12.7. The van der Waals surface area contributed by atoms with E-state index < -0.39 is 0 Å². The molecule has 0 atom stereocenters. The number of halogens is 1. The highest BCUT2D eigenvalue weighted by Crippen LogP contribution is 2.08. The lowest BCUT2D eigenvalue weighted by atomic mass is 10.3. The molecule has 0 bridgehead atoms. The van der Waals surface area contributed by atoms with E-state index in [9.17, 15) is 14.0 Å². The van der Waals surface area contributed by atoms with Gasteiger partial charge in [-0.15, -0.1) is 0 Å². The summed E-state index contributed by atoms with van der Waals surface area (Å²) >= 11 is 0. The molecule has 5 heteroatoms. The average Bonchev–Trinajstić information content (AvgIpc) is 2.37. The largest absolute Gasteiger partial charge is 0.342 e. The van der Waals surface area contributed by atoms with Crippen LogP contribution in [0.15, 0.2) is 24.3 Å². The van der Waals surface area contributed by atoms with Crippen LogP contribution < -0.4 is 5.32 Å². The first kappa shape index (κ1) is 15.1. The van der Waals surface area contributed by atoms with Gasteiger partial charge in [0.15, 0.2) is 0 Å². The maximum Gasteiger partial charge on any atom is 0.226 e. The van der Waals surface area contributed by atoms with E-state index in [0.29, 0.717) is 18.8 Å². The number of carbonyl (C=O) groups excluding carboxylic acids is 2. The third-order valence-corrected chi connectivity index (χ3v) is 2.68. The van der Waals surface area contributed by atoms with Crippen molar-refractivity contribution in [3.63, 3.8) is 0 Å². The van der Waals surface area contributed by atoms with Crippen LogP contribution in [0.25, 0.3) is 0 Å². The van der Waals surface area contributed by atoms with Gasteiger partial charge in [-0.05, 0) is 30.7 Å². The van der Waals surface area contributed by atoms with E-state index in [1.165, 1.54) is 31.2 Å². The first-order valence-electron chi connectivity index (χ1n) is 6.34. The van der Waals surface area contributed by atoms with Gasteiger partial charge in [0.05, 0.1) is 0 Å². The summed E-state index contributed by atoms with van der Waals surface area (Å²) < 4.78 is 12.7. The van der Waals surface area contributed by atoms with Crippen molar-refractivity contribution in [2.45, 2.75) is 26.7 Å². The highest BCUT2D eigenvalue weighted by molar-refractivity contribution is 5.91. The molecular formula is C14H19FN2O2. The Labute approximate surface area is 112 Å². The molecule has 19 heavy (non-hydrogen) atoms. The zero-order chi connectivity index (χ0) is 14.3. The van der Waals surface area contributed by atoms with Crippen LogP contribution in [0.5, 0.6) is 0 Å². The molecule has 2 amide bonds. The van der Waals surface area contributed by atoms with Crippen LogP contribution in [0.1, 0.15) is 26.7 Å². The van der Waals surface area contributed by atoms with Gasteiger partial charge >= 0.3 is 0 Å². The number of nitrogens with one attached hydrogen (secondary N) is 1. The number of hydrogen-bond acceptors (Lipinski definition) is 2. The van der Waals surface area contributed by atoms with E-state index >= 15 is 0 Å². The Bertz CT molecular complexity index is 432. The molecule has 0 saturated carbocycles. The SMILES string of the molecule is CCCN(CCC(=O)Nc1ccc(F)cc1)C(C)=O. The minimum absolute atomic E-state index is 0.0311. The van der Waals surface area contributed by atoms with Gasteiger partial charge in [0.1, 0.15) is 5.82 Å². The van der Waals surface area contributed by atoms with Gasteiger partial charge in [0, 0.05) is 32.1 Å². The van der Waals surface area contributed by atoms with Gasteiger partial charge in [0.2, 0.25) is 11.8 Å². The number of anilines is 1. The van der Waals surface area contributed by atoms with Crippen molar-refractivity contribution in [2.75, 3.05) is 18.4 Å². The van der Waals surface area contributed by atoms with Crippen LogP contribution in [0.4, 0.5) is 10.1 Å². The summed E-state index contributed by atoms with van der Waals surface area (Å²) in [5, 5.41) is 2.66. The van der Waals surface area contributed by atoms with Crippen LogP contribution in [0, 0.1) is 5.82 Å². The Morgan fingerprint density at radius 1 is 1.21 bits per heavy atom. The molecule has 0 radical (unpaired) electrons. The van der Waals surface area contributed by atoms with Gasteiger partial charge in [-0.2, -0.15) is 0 Å². The Kier molecular flexibility index (Phi) is 5.99. The number of rotatable bonds is 6.